The van der Waals surface area contributed by atoms with Gasteiger partial charge in [0.05, 0.1) is 11.9 Å². The Balaban J connectivity index is 1.99. The minimum Gasteiger partial charge on any atom is -0.265 e. The number of nitrogens with one attached hydrogen (secondary N) is 1. The summed E-state index contributed by atoms with van der Waals surface area (Å²) >= 11 is 1.54. The highest BCUT2D eigenvalue weighted by Crippen LogP contribution is 2.22. The quantitative estimate of drug-likeness (QED) is 0.897. The zero-order valence-electron chi connectivity index (χ0n) is 9.83. The van der Waals surface area contributed by atoms with Crippen LogP contribution in [-0.2, 0) is 16.4 Å². The van der Waals surface area contributed by atoms with E-state index in [0.717, 1.165) is 22.5 Å². The Morgan fingerprint density at radius 2 is 2.06 bits per heavy atom. The van der Waals surface area contributed by atoms with E-state index in [9.17, 15) is 8.42 Å². The van der Waals surface area contributed by atoms with E-state index in [1.54, 1.807) is 23.7 Å². The highest BCUT2D eigenvalue weighted by atomic mass is 32.2. The minimum absolute atomic E-state index is 0.373. The van der Waals surface area contributed by atoms with Gasteiger partial charge in [0.15, 0.2) is 0 Å². The summed E-state index contributed by atoms with van der Waals surface area (Å²) in [4.78, 5) is 8.41. The van der Waals surface area contributed by atoms with E-state index in [1.807, 2.05) is 17.5 Å². The minimum atomic E-state index is -3.12. The van der Waals surface area contributed by atoms with Crippen LogP contribution in [0.1, 0.15) is 5.69 Å². The van der Waals surface area contributed by atoms with E-state index in [0.29, 0.717) is 13.0 Å². The smallest absolute Gasteiger partial charge is 0.208 e. The Labute approximate surface area is 110 Å². The van der Waals surface area contributed by atoms with Gasteiger partial charge in [-0.05, 0) is 12.1 Å². The van der Waals surface area contributed by atoms with Crippen molar-refractivity contribution in [3.05, 3.63) is 35.6 Å². The van der Waals surface area contributed by atoms with Crippen LogP contribution in [0.25, 0.3) is 10.6 Å². The average Bonchev–Trinajstić information content (AvgIpc) is 2.77. The van der Waals surface area contributed by atoms with Crippen LogP contribution in [0.5, 0.6) is 0 Å². The molecule has 0 spiro atoms. The van der Waals surface area contributed by atoms with Gasteiger partial charge in [0.25, 0.3) is 0 Å². The molecule has 0 unspecified atom stereocenters. The molecule has 0 aliphatic rings. The number of pyridine rings is 1. The largest absolute Gasteiger partial charge is 0.265 e. The summed E-state index contributed by atoms with van der Waals surface area (Å²) in [6.07, 6.45) is 5.19. The lowest BCUT2D eigenvalue weighted by Gasteiger charge is -1.99. The molecule has 2 aromatic heterocycles. The van der Waals surface area contributed by atoms with Crippen molar-refractivity contribution >= 4 is 21.4 Å². The molecule has 0 saturated carbocycles. The molecule has 0 bridgehead atoms. The first-order chi connectivity index (χ1) is 8.54. The molecule has 7 heteroatoms. The van der Waals surface area contributed by atoms with Gasteiger partial charge in [-0.15, -0.1) is 11.3 Å². The van der Waals surface area contributed by atoms with E-state index >= 15 is 0 Å². The first-order valence-corrected chi connectivity index (χ1v) is 8.11. The highest BCUT2D eigenvalue weighted by molar-refractivity contribution is 7.88. The fraction of sp³-hybridized carbons (Fsp3) is 0.273. The van der Waals surface area contributed by atoms with Crippen LogP contribution < -0.4 is 4.72 Å². The lowest BCUT2D eigenvalue weighted by Crippen LogP contribution is -2.24. The Morgan fingerprint density at radius 1 is 1.33 bits per heavy atom. The van der Waals surface area contributed by atoms with Gasteiger partial charge in [-0.2, -0.15) is 0 Å². The lowest BCUT2D eigenvalue weighted by atomic mass is 10.3. The van der Waals surface area contributed by atoms with Crippen molar-refractivity contribution in [2.45, 2.75) is 6.42 Å². The predicted molar refractivity (Wildman–Crippen MR) is 71.9 cm³/mol. The van der Waals surface area contributed by atoms with Crippen LogP contribution in [0.15, 0.2) is 29.9 Å². The topological polar surface area (TPSA) is 72.0 Å². The Morgan fingerprint density at radius 3 is 2.72 bits per heavy atom. The van der Waals surface area contributed by atoms with Crippen LogP contribution in [0.4, 0.5) is 0 Å². The summed E-state index contributed by atoms with van der Waals surface area (Å²) in [5.41, 5.74) is 1.92. The summed E-state index contributed by atoms with van der Waals surface area (Å²) in [7, 11) is -3.12. The second-order valence-electron chi connectivity index (χ2n) is 3.80. The molecule has 0 amide bonds. The van der Waals surface area contributed by atoms with Crippen molar-refractivity contribution < 1.29 is 8.42 Å². The number of rotatable bonds is 5. The number of hydrogen-bond donors (Lipinski definition) is 1. The first-order valence-electron chi connectivity index (χ1n) is 5.34. The molecule has 1 N–H and O–H groups in total. The van der Waals surface area contributed by atoms with Crippen LogP contribution >= 0.6 is 11.3 Å². The molecular formula is C11H13N3O2S2. The van der Waals surface area contributed by atoms with Crippen LogP contribution in [0.3, 0.4) is 0 Å². The second kappa shape index (κ2) is 5.55. The van der Waals surface area contributed by atoms with Gasteiger partial charge in [-0.1, -0.05) is 0 Å². The Kier molecular flexibility index (Phi) is 4.05. The number of aromatic nitrogens is 2. The molecule has 96 valence electrons. The lowest BCUT2D eigenvalue weighted by molar-refractivity contribution is 0.587. The van der Waals surface area contributed by atoms with E-state index in [-0.39, 0.29) is 0 Å². The molecule has 2 heterocycles. The van der Waals surface area contributed by atoms with Gasteiger partial charge < -0.3 is 0 Å². The number of thiazole rings is 1. The van der Waals surface area contributed by atoms with Crippen LogP contribution in [0.2, 0.25) is 0 Å². The summed E-state index contributed by atoms with van der Waals surface area (Å²) < 4.78 is 24.3. The molecule has 0 aliphatic heterocycles. The summed E-state index contributed by atoms with van der Waals surface area (Å²) in [6, 6.07) is 3.80. The van der Waals surface area contributed by atoms with E-state index in [4.69, 9.17) is 0 Å². The molecule has 0 saturated heterocycles. The standard InChI is InChI=1S/C11H13N3O2S2/c1-18(15,16)13-7-4-10-8-17-11(14-10)9-2-5-12-6-3-9/h2-3,5-6,8,13H,4,7H2,1H3. The summed E-state index contributed by atoms with van der Waals surface area (Å²) in [5.74, 6) is 0. The monoisotopic (exact) mass is 283 g/mol. The van der Waals surface area contributed by atoms with Crippen molar-refractivity contribution in [3.63, 3.8) is 0 Å². The molecule has 0 aliphatic carbocycles. The van der Waals surface area contributed by atoms with E-state index in [1.165, 1.54) is 0 Å². The fourth-order valence-electron chi connectivity index (χ4n) is 1.41. The predicted octanol–water partition coefficient (Wildman–Crippen LogP) is 1.30. The van der Waals surface area contributed by atoms with Gasteiger partial charge in [0.1, 0.15) is 5.01 Å². The van der Waals surface area contributed by atoms with Crippen LogP contribution in [-0.4, -0.2) is 31.2 Å². The zero-order chi connectivity index (χ0) is 13.0. The zero-order valence-corrected chi connectivity index (χ0v) is 11.5. The highest BCUT2D eigenvalue weighted by Gasteiger charge is 2.05. The second-order valence-corrected chi connectivity index (χ2v) is 6.49. The van der Waals surface area contributed by atoms with Crippen molar-refractivity contribution in [3.8, 4) is 10.6 Å². The van der Waals surface area contributed by atoms with Gasteiger partial charge in [-0.25, -0.2) is 18.1 Å². The number of sulfonamides is 1. The number of hydrogen-bond acceptors (Lipinski definition) is 5. The van der Waals surface area contributed by atoms with Gasteiger partial charge in [0, 0.05) is 36.3 Å². The maximum Gasteiger partial charge on any atom is 0.208 e. The van der Waals surface area contributed by atoms with Crippen molar-refractivity contribution in [2.75, 3.05) is 12.8 Å². The SMILES string of the molecule is CS(=O)(=O)NCCc1csc(-c2ccncc2)n1. The van der Waals surface area contributed by atoms with Gasteiger partial charge in [-0.3, -0.25) is 4.98 Å². The molecule has 0 atom stereocenters. The maximum atomic E-state index is 10.9. The third-order valence-corrected chi connectivity index (χ3v) is 3.89. The first kappa shape index (κ1) is 13.1. The normalized spacial score (nSPS) is 11.6. The van der Waals surface area contributed by atoms with Crippen molar-refractivity contribution in [1.29, 1.82) is 0 Å². The van der Waals surface area contributed by atoms with Crippen molar-refractivity contribution in [2.24, 2.45) is 0 Å². The van der Waals surface area contributed by atoms with E-state index in [2.05, 4.69) is 14.7 Å². The van der Waals surface area contributed by atoms with Crippen molar-refractivity contribution in [1.82, 2.24) is 14.7 Å². The summed E-state index contributed by atoms with van der Waals surface area (Å²) in [5, 5.41) is 2.87. The average molecular weight is 283 g/mol. The van der Waals surface area contributed by atoms with Gasteiger partial charge in [0.2, 0.25) is 10.0 Å². The third-order valence-electron chi connectivity index (χ3n) is 2.22. The Bertz CT molecular complexity index is 608. The van der Waals surface area contributed by atoms with E-state index < -0.39 is 10.0 Å². The Hall–Kier alpha value is -1.31. The fourth-order valence-corrected chi connectivity index (χ4v) is 2.75. The molecule has 0 aromatic carbocycles. The molecule has 5 nitrogen and oxygen atoms in total. The summed E-state index contributed by atoms with van der Waals surface area (Å²) in [6.45, 7) is 0.373. The molecule has 0 fully saturated rings. The molecular weight excluding hydrogens is 270 g/mol. The number of nitrogens with zero attached hydrogens (tertiary/aromatic N) is 2. The third kappa shape index (κ3) is 3.86. The van der Waals surface area contributed by atoms with Gasteiger partial charge >= 0.3 is 0 Å². The van der Waals surface area contributed by atoms with Crippen LogP contribution in [0, 0.1) is 0 Å². The molecule has 18 heavy (non-hydrogen) atoms. The maximum absolute atomic E-state index is 10.9. The molecule has 0 radical (unpaired) electrons. The molecule has 2 rings (SSSR count). The molecule has 2 aromatic rings.